The molecule has 1 aromatic heterocycles. The van der Waals surface area contributed by atoms with Gasteiger partial charge in [0.25, 0.3) is 0 Å². The standard InChI is InChI=1S/C19H16N4O/c1-13-19(14(2)22-18-10-6-5-9-17(18)21-13)23-24-12-16-8-4-3-7-15(16)11-20/h3-10H,12H2,1-2H3. The van der Waals surface area contributed by atoms with Crippen molar-refractivity contribution in [2.75, 3.05) is 0 Å². The summed E-state index contributed by atoms with van der Waals surface area (Å²) >= 11 is 0. The van der Waals surface area contributed by atoms with Crippen LogP contribution in [-0.2, 0) is 11.4 Å². The maximum absolute atomic E-state index is 9.11. The van der Waals surface area contributed by atoms with E-state index in [0.29, 0.717) is 10.9 Å². The summed E-state index contributed by atoms with van der Waals surface area (Å²) in [6.07, 6.45) is 0. The molecule has 0 saturated heterocycles. The van der Waals surface area contributed by atoms with Gasteiger partial charge in [-0.1, -0.05) is 35.5 Å². The number of benzene rings is 2. The molecule has 3 aromatic rings. The van der Waals surface area contributed by atoms with Crippen molar-refractivity contribution in [2.24, 2.45) is 5.16 Å². The van der Waals surface area contributed by atoms with E-state index in [1.54, 1.807) is 6.07 Å². The SMILES string of the molecule is Cc1nc2ccccc2nc(C)c1=NOCc1ccccc1C#N. The summed E-state index contributed by atoms with van der Waals surface area (Å²) in [6.45, 7) is 3.99. The van der Waals surface area contributed by atoms with Crippen molar-refractivity contribution < 1.29 is 4.84 Å². The Morgan fingerprint density at radius 1 is 0.958 bits per heavy atom. The van der Waals surface area contributed by atoms with Crippen molar-refractivity contribution in [3.8, 4) is 6.07 Å². The predicted octanol–water partition coefficient (Wildman–Crippen LogP) is 3.15. The molecule has 0 unspecified atom stereocenters. The van der Waals surface area contributed by atoms with Crippen LogP contribution in [0, 0.1) is 25.2 Å². The molecule has 24 heavy (non-hydrogen) atoms. The molecule has 118 valence electrons. The molecule has 0 saturated carbocycles. The average Bonchev–Trinajstić information content (AvgIpc) is 2.71. The molecule has 1 heterocycles. The second-order valence-corrected chi connectivity index (χ2v) is 5.37. The normalized spacial score (nSPS) is 10.2. The van der Waals surface area contributed by atoms with Crippen LogP contribution in [0.2, 0.25) is 0 Å². The van der Waals surface area contributed by atoms with E-state index in [2.05, 4.69) is 21.2 Å². The summed E-state index contributed by atoms with van der Waals surface area (Å²) in [7, 11) is 0. The van der Waals surface area contributed by atoms with Gasteiger partial charge in [-0.25, -0.2) is 9.97 Å². The maximum atomic E-state index is 9.11. The number of aromatic nitrogens is 2. The molecule has 0 aliphatic rings. The number of aryl methyl sites for hydroxylation is 2. The highest BCUT2D eigenvalue weighted by atomic mass is 16.6. The summed E-state index contributed by atoms with van der Waals surface area (Å²) in [6, 6.07) is 17.1. The lowest BCUT2D eigenvalue weighted by Crippen LogP contribution is -2.12. The molecule has 0 spiro atoms. The molecule has 0 fully saturated rings. The van der Waals surface area contributed by atoms with Crippen LogP contribution in [0.3, 0.4) is 0 Å². The lowest BCUT2D eigenvalue weighted by Gasteiger charge is -2.02. The largest absolute Gasteiger partial charge is 0.390 e. The molecule has 0 aliphatic carbocycles. The predicted molar refractivity (Wildman–Crippen MR) is 90.5 cm³/mol. The Morgan fingerprint density at radius 2 is 1.54 bits per heavy atom. The molecule has 3 rings (SSSR count). The minimum absolute atomic E-state index is 0.223. The molecule has 0 amide bonds. The average molecular weight is 316 g/mol. The van der Waals surface area contributed by atoms with Crippen LogP contribution in [0.1, 0.15) is 22.5 Å². The van der Waals surface area contributed by atoms with Crippen LogP contribution in [0.4, 0.5) is 0 Å². The number of nitriles is 1. The summed E-state index contributed by atoms with van der Waals surface area (Å²) in [5, 5.41) is 13.9. The molecule has 0 bridgehead atoms. The number of hydrogen-bond donors (Lipinski definition) is 0. The van der Waals surface area contributed by atoms with Gasteiger partial charge in [0.05, 0.1) is 34.1 Å². The highest BCUT2D eigenvalue weighted by Gasteiger charge is 2.03. The van der Waals surface area contributed by atoms with Crippen molar-refractivity contribution >= 4 is 11.0 Å². The lowest BCUT2D eigenvalue weighted by atomic mass is 10.1. The zero-order valence-electron chi connectivity index (χ0n) is 13.5. The zero-order valence-corrected chi connectivity index (χ0v) is 13.5. The summed E-state index contributed by atoms with van der Waals surface area (Å²) in [4.78, 5) is 14.6. The Kier molecular flexibility index (Phi) is 4.48. The third-order valence-electron chi connectivity index (χ3n) is 3.66. The second kappa shape index (κ2) is 6.88. The lowest BCUT2D eigenvalue weighted by molar-refractivity contribution is 0.119. The van der Waals surface area contributed by atoms with Crippen molar-refractivity contribution in [2.45, 2.75) is 20.5 Å². The van der Waals surface area contributed by atoms with Gasteiger partial charge in [-0.15, -0.1) is 0 Å². The molecule has 0 atom stereocenters. The molecule has 5 heteroatoms. The fourth-order valence-electron chi connectivity index (χ4n) is 2.44. The van der Waals surface area contributed by atoms with E-state index in [0.717, 1.165) is 28.0 Å². The Bertz CT molecular complexity index is 959. The Balaban J connectivity index is 1.97. The van der Waals surface area contributed by atoms with E-state index in [4.69, 9.17) is 10.1 Å². The Morgan fingerprint density at radius 3 is 2.17 bits per heavy atom. The molecule has 0 N–H and O–H groups in total. The van der Waals surface area contributed by atoms with Gasteiger partial charge in [0, 0.05) is 5.56 Å². The molecule has 2 aromatic carbocycles. The third kappa shape index (κ3) is 3.23. The first-order valence-electron chi connectivity index (χ1n) is 7.57. The first-order valence-corrected chi connectivity index (χ1v) is 7.57. The summed E-state index contributed by atoms with van der Waals surface area (Å²) in [5.41, 5.74) is 4.50. The second-order valence-electron chi connectivity index (χ2n) is 5.37. The van der Waals surface area contributed by atoms with Gasteiger partial charge in [0.1, 0.15) is 12.0 Å². The minimum Gasteiger partial charge on any atom is -0.390 e. The molecular formula is C19H16N4O. The van der Waals surface area contributed by atoms with Gasteiger partial charge < -0.3 is 4.84 Å². The number of rotatable bonds is 3. The topological polar surface area (TPSA) is 71.2 Å². The summed E-state index contributed by atoms with van der Waals surface area (Å²) < 4.78 is 0. The van der Waals surface area contributed by atoms with Gasteiger partial charge in [0.2, 0.25) is 0 Å². The summed E-state index contributed by atoms with van der Waals surface area (Å²) in [5.74, 6) is 0. The van der Waals surface area contributed by atoms with Crippen LogP contribution in [-0.4, -0.2) is 9.97 Å². The van der Waals surface area contributed by atoms with Crippen molar-refractivity contribution in [3.63, 3.8) is 0 Å². The third-order valence-corrected chi connectivity index (χ3v) is 3.66. The number of hydrogen-bond acceptors (Lipinski definition) is 5. The van der Waals surface area contributed by atoms with E-state index >= 15 is 0 Å². The van der Waals surface area contributed by atoms with Crippen LogP contribution < -0.4 is 5.36 Å². The van der Waals surface area contributed by atoms with Gasteiger partial charge in [-0.2, -0.15) is 5.26 Å². The van der Waals surface area contributed by atoms with E-state index in [9.17, 15) is 0 Å². The maximum Gasteiger partial charge on any atom is 0.145 e. The smallest absolute Gasteiger partial charge is 0.145 e. The fourth-order valence-corrected chi connectivity index (χ4v) is 2.44. The van der Waals surface area contributed by atoms with E-state index in [1.165, 1.54) is 0 Å². The first-order chi connectivity index (χ1) is 11.7. The van der Waals surface area contributed by atoms with Crippen LogP contribution >= 0.6 is 0 Å². The van der Waals surface area contributed by atoms with E-state index in [-0.39, 0.29) is 6.61 Å². The molecule has 0 radical (unpaired) electrons. The van der Waals surface area contributed by atoms with Crippen molar-refractivity contribution in [1.82, 2.24) is 9.97 Å². The number of para-hydroxylation sites is 2. The van der Waals surface area contributed by atoms with Gasteiger partial charge in [-0.3, -0.25) is 0 Å². The number of nitrogens with zero attached hydrogens (tertiary/aromatic N) is 4. The van der Waals surface area contributed by atoms with Gasteiger partial charge in [-0.05, 0) is 32.0 Å². The fraction of sp³-hybridized carbons (Fsp3) is 0.158. The van der Waals surface area contributed by atoms with Crippen molar-refractivity contribution in [3.05, 3.63) is 76.4 Å². The molecule has 0 aliphatic heterocycles. The first kappa shape index (κ1) is 15.6. The monoisotopic (exact) mass is 316 g/mol. The van der Waals surface area contributed by atoms with E-state index < -0.39 is 0 Å². The van der Waals surface area contributed by atoms with Crippen LogP contribution in [0.5, 0.6) is 0 Å². The van der Waals surface area contributed by atoms with Crippen LogP contribution in [0.15, 0.2) is 53.7 Å². The Hall–Kier alpha value is -3.26. The van der Waals surface area contributed by atoms with Gasteiger partial charge >= 0.3 is 0 Å². The van der Waals surface area contributed by atoms with Crippen LogP contribution in [0.25, 0.3) is 11.0 Å². The van der Waals surface area contributed by atoms with Crippen molar-refractivity contribution in [1.29, 1.82) is 5.26 Å². The highest BCUT2D eigenvalue weighted by Crippen LogP contribution is 2.09. The van der Waals surface area contributed by atoms with Gasteiger partial charge in [0.15, 0.2) is 0 Å². The Labute approximate surface area is 139 Å². The minimum atomic E-state index is 0.223. The number of fused-ring (bicyclic) bond motifs is 1. The zero-order chi connectivity index (χ0) is 16.9. The highest BCUT2D eigenvalue weighted by molar-refractivity contribution is 5.73. The van der Waals surface area contributed by atoms with E-state index in [1.807, 2.05) is 56.3 Å². The molecule has 5 nitrogen and oxygen atoms in total. The molecular weight excluding hydrogens is 300 g/mol. The quantitative estimate of drug-likeness (QED) is 0.696.